The van der Waals surface area contributed by atoms with Gasteiger partial charge in [0.2, 0.25) is 5.91 Å². The lowest BCUT2D eigenvalue weighted by molar-refractivity contribution is -0.120. The largest absolute Gasteiger partial charge is 0.348 e. The molecule has 2 N–H and O–H groups in total. The number of imidazole rings is 1. The molecule has 0 saturated heterocycles. The molecule has 1 aliphatic carbocycles. The molecule has 0 bridgehead atoms. The lowest BCUT2D eigenvalue weighted by Crippen LogP contribution is -2.40. The minimum atomic E-state index is -0.206. The molecule has 9 heteroatoms. The van der Waals surface area contributed by atoms with E-state index in [1.165, 1.54) is 16.9 Å². The van der Waals surface area contributed by atoms with E-state index in [1.54, 1.807) is 30.6 Å². The molecular weight excluding hydrogens is 380 g/mol. The van der Waals surface area contributed by atoms with Crippen molar-refractivity contribution in [2.45, 2.75) is 31.7 Å². The van der Waals surface area contributed by atoms with Gasteiger partial charge in [-0.05, 0) is 43.9 Å². The van der Waals surface area contributed by atoms with Crippen LogP contribution in [-0.4, -0.2) is 37.4 Å². The first kappa shape index (κ1) is 18.4. The Labute approximate surface area is 166 Å². The Morgan fingerprint density at radius 2 is 1.93 bits per heavy atom. The molecule has 0 radical (unpaired) electrons. The molecule has 4 rings (SSSR count). The van der Waals surface area contributed by atoms with Gasteiger partial charge >= 0.3 is 0 Å². The fourth-order valence-electron chi connectivity index (χ4n) is 3.45. The lowest BCUT2D eigenvalue weighted by atomic mass is 9.85. The normalized spacial score (nSPS) is 19.3. The monoisotopic (exact) mass is 398 g/mol. The molecule has 3 aromatic heterocycles. The van der Waals surface area contributed by atoms with Crippen molar-refractivity contribution >= 4 is 34.7 Å². The van der Waals surface area contributed by atoms with Crippen molar-refractivity contribution in [3.8, 4) is 0 Å². The Bertz CT molecular complexity index is 1010. The van der Waals surface area contributed by atoms with E-state index >= 15 is 0 Å². The van der Waals surface area contributed by atoms with Gasteiger partial charge in [-0.2, -0.15) is 5.10 Å². The van der Waals surface area contributed by atoms with Crippen LogP contribution in [0.1, 0.15) is 36.2 Å². The number of pyridine rings is 1. The molecule has 28 heavy (non-hydrogen) atoms. The summed E-state index contributed by atoms with van der Waals surface area (Å²) in [4.78, 5) is 33.1. The fourth-order valence-corrected chi connectivity index (χ4v) is 3.62. The Morgan fingerprint density at radius 3 is 2.71 bits per heavy atom. The fraction of sp³-hybridized carbons (Fsp3) is 0.316. The van der Waals surface area contributed by atoms with Gasteiger partial charge in [0.1, 0.15) is 5.69 Å². The number of carbonyl (C=O) groups is 2. The number of carbonyl (C=O) groups excluding carboxylic acids is 2. The van der Waals surface area contributed by atoms with Crippen molar-refractivity contribution in [1.29, 1.82) is 0 Å². The molecule has 1 saturated carbocycles. The third-order valence-corrected chi connectivity index (χ3v) is 5.28. The molecule has 0 aromatic carbocycles. The Kier molecular flexibility index (Phi) is 5.21. The average molecular weight is 399 g/mol. The van der Waals surface area contributed by atoms with Crippen molar-refractivity contribution < 1.29 is 9.59 Å². The second-order valence-corrected chi connectivity index (χ2v) is 7.21. The standard InChI is InChI=1S/C19H19ClN6O2/c20-14-10-21-9-7-15(14)25-18(27)12-3-5-13(6-4-12)24-19(28)16-11-22-17-2-1-8-23-26(16)17/h1-2,7-13H,3-6H2,(H,24,28)(H,21,25,27). The van der Waals surface area contributed by atoms with Crippen molar-refractivity contribution in [2.75, 3.05) is 5.32 Å². The highest BCUT2D eigenvalue weighted by Gasteiger charge is 2.28. The first-order valence-corrected chi connectivity index (χ1v) is 9.49. The van der Waals surface area contributed by atoms with Crippen LogP contribution in [0.5, 0.6) is 0 Å². The van der Waals surface area contributed by atoms with Gasteiger partial charge in [0.15, 0.2) is 5.65 Å². The summed E-state index contributed by atoms with van der Waals surface area (Å²) in [6.45, 7) is 0. The quantitative estimate of drug-likeness (QED) is 0.703. The number of hydrogen-bond acceptors (Lipinski definition) is 5. The Morgan fingerprint density at radius 1 is 1.11 bits per heavy atom. The number of hydrogen-bond donors (Lipinski definition) is 2. The van der Waals surface area contributed by atoms with E-state index < -0.39 is 0 Å². The van der Waals surface area contributed by atoms with E-state index in [4.69, 9.17) is 11.6 Å². The van der Waals surface area contributed by atoms with Crippen LogP contribution >= 0.6 is 11.6 Å². The van der Waals surface area contributed by atoms with Gasteiger partial charge in [-0.1, -0.05) is 11.6 Å². The number of fused-ring (bicyclic) bond motifs is 1. The smallest absolute Gasteiger partial charge is 0.271 e. The summed E-state index contributed by atoms with van der Waals surface area (Å²) >= 11 is 6.04. The zero-order chi connectivity index (χ0) is 19.5. The van der Waals surface area contributed by atoms with Gasteiger partial charge in [0, 0.05) is 30.6 Å². The van der Waals surface area contributed by atoms with E-state index in [0.29, 0.717) is 34.9 Å². The highest BCUT2D eigenvalue weighted by Crippen LogP contribution is 2.27. The van der Waals surface area contributed by atoms with Gasteiger partial charge in [-0.3, -0.25) is 14.6 Å². The van der Waals surface area contributed by atoms with Crippen molar-refractivity contribution in [3.05, 3.63) is 53.7 Å². The van der Waals surface area contributed by atoms with Crippen molar-refractivity contribution in [2.24, 2.45) is 5.92 Å². The summed E-state index contributed by atoms with van der Waals surface area (Å²) in [5.41, 5.74) is 1.60. The van der Waals surface area contributed by atoms with Crippen LogP contribution in [0, 0.1) is 5.92 Å². The number of rotatable bonds is 4. The van der Waals surface area contributed by atoms with Gasteiger partial charge in [0.05, 0.1) is 16.9 Å². The molecule has 0 spiro atoms. The first-order valence-electron chi connectivity index (χ1n) is 9.12. The number of aromatic nitrogens is 4. The van der Waals surface area contributed by atoms with Gasteiger partial charge in [-0.25, -0.2) is 9.50 Å². The van der Waals surface area contributed by atoms with Crippen LogP contribution in [0.2, 0.25) is 5.02 Å². The number of amides is 2. The third kappa shape index (κ3) is 3.82. The summed E-state index contributed by atoms with van der Waals surface area (Å²) in [6, 6.07) is 5.27. The zero-order valence-corrected chi connectivity index (χ0v) is 15.8. The van der Waals surface area contributed by atoms with Crippen LogP contribution < -0.4 is 10.6 Å². The van der Waals surface area contributed by atoms with Crippen LogP contribution in [0.3, 0.4) is 0 Å². The maximum absolute atomic E-state index is 12.6. The second-order valence-electron chi connectivity index (χ2n) is 6.80. The maximum atomic E-state index is 12.6. The lowest BCUT2D eigenvalue weighted by Gasteiger charge is -2.28. The summed E-state index contributed by atoms with van der Waals surface area (Å²) < 4.78 is 1.52. The summed E-state index contributed by atoms with van der Waals surface area (Å²) in [6.07, 6.45) is 9.09. The molecule has 3 heterocycles. The molecule has 8 nitrogen and oxygen atoms in total. The topological polar surface area (TPSA) is 101 Å². The predicted octanol–water partition coefficient (Wildman–Crippen LogP) is 2.71. The average Bonchev–Trinajstić information content (AvgIpc) is 3.14. The minimum Gasteiger partial charge on any atom is -0.348 e. The molecule has 0 atom stereocenters. The van der Waals surface area contributed by atoms with E-state index in [1.807, 2.05) is 0 Å². The maximum Gasteiger partial charge on any atom is 0.271 e. The summed E-state index contributed by atoms with van der Waals surface area (Å²) in [7, 11) is 0. The number of halogens is 1. The van der Waals surface area contributed by atoms with Gasteiger partial charge < -0.3 is 10.6 Å². The van der Waals surface area contributed by atoms with Gasteiger partial charge in [0.25, 0.3) is 5.91 Å². The predicted molar refractivity (Wildman–Crippen MR) is 104 cm³/mol. The third-order valence-electron chi connectivity index (χ3n) is 4.97. The molecule has 0 unspecified atom stereocenters. The van der Waals surface area contributed by atoms with Crippen molar-refractivity contribution in [1.82, 2.24) is 24.9 Å². The molecule has 1 fully saturated rings. The highest BCUT2D eigenvalue weighted by atomic mass is 35.5. The molecule has 144 valence electrons. The zero-order valence-electron chi connectivity index (χ0n) is 15.0. The number of nitrogens with one attached hydrogen (secondary N) is 2. The first-order chi connectivity index (χ1) is 13.6. The molecule has 3 aromatic rings. The molecule has 1 aliphatic rings. The van der Waals surface area contributed by atoms with Gasteiger partial charge in [-0.15, -0.1) is 0 Å². The van der Waals surface area contributed by atoms with Crippen LogP contribution in [-0.2, 0) is 4.79 Å². The van der Waals surface area contributed by atoms with Crippen LogP contribution in [0.4, 0.5) is 5.69 Å². The Hall–Kier alpha value is -3.00. The molecule has 0 aliphatic heterocycles. The van der Waals surface area contributed by atoms with Crippen LogP contribution in [0.15, 0.2) is 43.0 Å². The number of nitrogens with zero attached hydrogens (tertiary/aromatic N) is 4. The summed E-state index contributed by atoms with van der Waals surface area (Å²) in [5, 5.41) is 10.5. The van der Waals surface area contributed by atoms with Crippen LogP contribution in [0.25, 0.3) is 5.65 Å². The van der Waals surface area contributed by atoms with E-state index in [2.05, 4.69) is 25.7 Å². The highest BCUT2D eigenvalue weighted by molar-refractivity contribution is 6.33. The SMILES string of the molecule is O=C(NC1CCC(C(=O)Nc2ccncc2Cl)CC1)c1cnc2cccnn12. The minimum absolute atomic E-state index is 0.0234. The van der Waals surface area contributed by atoms with E-state index in [0.717, 1.165) is 12.8 Å². The second kappa shape index (κ2) is 7.93. The molecular formula is C19H19ClN6O2. The van der Waals surface area contributed by atoms with Crippen molar-refractivity contribution in [3.63, 3.8) is 0 Å². The Balaban J connectivity index is 1.32. The summed E-state index contributed by atoms with van der Waals surface area (Å²) in [5.74, 6) is -0.360. The van der Waals surface area contributed by atoms with E-state index in [-0.39, 0.29) is 23.8 Å². The molecule has 2 amide bonds. The number of anilines is 1. The van der Waals surface area contributed by atoms with E-state index in [9.17, 15) is 9.59 Å².